The van der Waals surface area contributed by atoms with Crippen LogP contribution < -0.4 is 11.1 Å². The van der Waals surface area contributed by atoms with Crippen LogP contribution in [0.4, 0.5) is 0 Å². The van der Waals surface area contributed by atoms with E-state index in [1.54, 1.807) is 18.5 Å². The van der Waals surface area contributed by atoms with Crippen LogP contribution in [0.3, 0.4) is 0 Å². The van der Waals surface area contributed by atoms with Crippen LogP contribution in [-0.4, -0.2) is 24.0 Å². The Hall–Kier alpha value is -1.86. The fourth-order valence-electron chi connectivity index (χ4n) is 2.39. The Morgan fingerprint density at radius 1 is 1.33 bits per heavy atom. The Bertz CT molecular complexity index is 518. The molecular weight excluding hydrogens is 262 g/mol. The van der Waals surface area contributed by atoms with Gasteiger partial charge in [-0.1, -0.05) is 39.5 Å². The lowest BCUT2D eigenvalue weighted by Gasteiger charge is -2.25. The van der Waals surface area contributed by atoms with Crippen molar-refractivity contribution in [1.82, 2.24) is 10.3 Å². The van der Waals surface area contributed by atoms with Crippen molar-refractivity contribution in [1.29, 1.82) is 0 Å². The van der Waals surface area contributed by atoms with Gasteiger partial charge in [-0.25, -0.2) is 0 Å². The van der Waals surface area contributed by atoms with E-state index >= 15 is 0 Å². The molecule has 0 bridgehead atoms. The standard InChI is InChI=1S/C17H25N3O/c1-12(2)16(13(3)4)11-20-17(21)15-7-9-19-10-14(15)6-5-8-18/h7,9-10,12-13,16H,8,11,18H2,1-4H3,(H,20,21). The summed E-state index contributed by atoms with van der Waals surface area (Å²) in [6.45, 7) is 9.66. The van der Waals surface area contributed by atoms with E-state index in [0.29, 0.717) is 35.4 Å². The molecule has 0 unspecified atom stereocenters. The van der Waals surface area contributed by atoms with Crippen molar-refractivity contribution >= 4 is 5.91 Å². The molecule has 0 spiro atoms. The molecular formula is C17H25N3O. The number of nitrogens with zero attached hydrogens (tertiary/aromatic N) is 1. The van der Waals surface area contributed by atoms with Crippen LogP contribution in [0.25, 0.3) is 0 Å². The number of aromatic nitrogens is 1. The Balaban J connectivity index is 2.81. The van der Waals surface area contributed by atoms with E-state index < -0.39 is 0 Å². The van der Waals surface area contributed by atoms with E-state index in [1.165, 1.54) is 0 Å². The highest BCUT2D eigenvalue weighted by atomic mass is 16.1. The minimum Gasteiger partial charge on any atom is -0.352 e. The number of pyridine rings is 1. The van der Waals surface area contributed by atoms with Crippen molar-refractivity contribution < 1.29 is 4.79 Å². The summed E-state index contributed by atoms with van der Waals surface area (Å²) in [5.41, 5.74) is 6.54. The third-order valence-corrected chi connectivity index (χ3v) is 3.60. The van der Waals surface area contributed by atoms with Crippen molar-refractivity contribution in [2.45, 2.75) is 27.7 Å². The monoisotopic (exact) mass is 287 g/mol. The molecule has 1 heterocycles. The van der Waals surface area contributed by atoms with Crippen LogP contribution in [-0.2, 0) is 0 Å². The molecule has 114 valence electrons. The molecule has 0 aliphatic carbocycles. The highest BCUT2D eigenvalue weighted by molar-refractivity contribution is 5.96. The Morgan fingerprint density at radius 2 is 2.00 bits per heavy atom. The average molecular weight is 287 g/mol. The SMILES string of the molecule is CC(C)C(CNC(=O)c1ccncc1C#CCN)C(C)C. The lowest BCUT2D eigenvalue weighted by atomic mass is 9.85. The first-order valence-corrected chi connectivity index (χ1v) is 7.38. The quantitative estimate of drug-likeness (QED) is 0.814. The van der Waals surface area contributed by atoms with E-state index in [4.69, 9.17) is 5.73 Å². The normalized spacial score (nSPS) is 10.7. The summed E-state index contributed by atoms with van der Waals surface area (Å²) < 4.78 is 0. The second-order valence-corrected chi connectivity index (χ2v) is 5.79. The molecule has 1 amide bonds. The molecule has 0 atom stereocenters. The zero-order valence-corrected chi connectivity index (χ0v) is 13.3. The molecule has 1 rings (SSSR count). The van der Waals surface area contributed by atoms with Gasteiger partial charge in [-0.05, 0) is 23.8 Å². The Morgan fingerprint density at radius 3 is 2.57 bits per heavy atom. The number of nitrogens with two attached hydrogens (primary N) is 1. The minimum absolute atomic E-state index is 0.106. The van der Waals surface area contributed by atoms with Crippen molar-refractivity contribution in [3.63, 3.8) is 0 Å². The largest absolute Gasteiger partial charge is 0.352 e. The highest BCUT2D eigenvalue weighted by Gasteiger charge is 2.19. The maximum Gasteiger partial charge on any atom is 0.252 e. The van der Waals surface area contributed by atoms with Crippen LogP contribution in [0.1, 0.15) is 43.6 Å². The van der Waals surface area contributed by atoms with Gasteiger partial charge in [-0.3, -0.25) is 9.78 Å². The highest BCUT2D eigenvalue weighted by Crippen LogP contribution is 2.19. The Kier molecular flexibility index (Phi) is 6.90. The summed E-state index contributed by atoms with van der Waals surface area (Å²) >= 11 is 0. The first kappa shape index (κ1) is 17.2. The minimum atomic E-state index is -0.106. The molecule has 0 aromatic carbocycles. The first-order chi connectivity index (χ1) is 9.97. The molecule has 4 nitrogen and oxygen atoms in total. The number of hydrogen-bond acceptors (Lipinski definition) is 3. The van der Waals surface area contributed by atoms with Gasteiger partial charge in [0.2, 0.25) is 0 Å². The predicted molar refractivity (Wildman–Crippen MR) is 85.7 cm³/mol. The Labute approximate surface area is 127 Å². The molecule has 0 aliphatic rings. The molecule has 3 N–H and O–H groups in total. The zero-order chi connectivity index (χ0) is 15.8. The summed E-state index contributed by atoms with van der Waals surface area (Å²) in [6, 6.07) is 1.69. The molecule has 0 saturated carbocycles. The summed E-state index contributed by atoms with van der Waals surface area (Å²) in [7, 11) is 0. The summed E-state index contributed by atoms with van der Waals surface area (Å²) in [5, 5.41) is 3.01. The first-order valence-electron chi connectivity index (χ1n) is 7.38. The molecule has 4 heteroatoms. The summed E-state index contributed by atoms with van der Waals surface area (Å²) in [4.78, 5) is 16.3. The van der Waals surface area contributed by atoms with Crippen molar-refractivity contribution in [3.8, 4) is 11.8 Å². The van der Waals surface area contributed by atoms with Gasteiger partial charge < -0.3 is 11.1 Å². The van der Waals surface area contributed by atoms with Gasteiger partial charge in [0.05, 0.1) is 17.7 Å². The molecule has 0 radical (unpaired) electrons. The maximum atomic E-state index is 12.3. The van der Waals surface area contributed by atoms with Crippen LogP contribution in [0.5, 0.6) is 0 Å². The molecule has 21 heavy (non-hydrogen) atoms. The van der Waals surface area contributed by atoms with E-state index in [-0.39, 0.29) is 12.5 Å². The van der Waals surface area contributed by atoms with E-state index in [0.717, 1.165) is 0 Å². The van der Waals surface area contributed by atoms with Crippen LogP contribution in [0.2, 0.25) is 0 Å². The summed E-state index contributed by atoms with van der Waals surface area (Å²) in [5.74, 6) is 7.05. The topological polar surface area (TPSA) is 68.0 Å². The third kappa shape index (κ3) is 5.20. The van der Waals surface area contributed by atoms with Crippen LogP contribution in [0, 0.1) is 29.6 Å². The van der Waals surface area contributed by atoms with Gasteiger partial charge in [-0.2, -0.15) is 0 Å². The van der Waals surface area contributed by atoms with Crippen LogP contribution in [0.15, 0.2) is 18.5 Å². The van der Waals surface area contributed by atoms with Crippen LogP contribution >= 0.6 is 0 Å². The molecule has 0 aliphatic heterocycles. The number of hydrogen-bond donors (Lipinski definition) is 2. The van der Waals surface area contributed by atoms with Gasteiger partial charge in [0.25, 0.3) is 5.91 Å². The fourth-order valence-corrected chi connectivity index (χ4v) is 2.39. The molecule has 0 fully saturated rings. The van der Waals surface area contributed by atoms with Gasteiger partial charge in [0, 0.05) is 18.9 Å². The maximum absolute atomic E-state index is 12.3. The lowest BCUT2D eigenvalue weighted by Crippen LogP contribution is -2.34. The van der Waals surface area contributed by atoms with E-state index in [1.807, 2.05) is 0 Å². The van der Waals surface area contributed by atoms with Gasteiger partial charge in [0.1, 0.15) is 0 Å². The fraction of sp³-hybridized carbons (Fsp3) is 0.529. The van der Waals surface area contributed by atoms with Crippen molar-refractivity contribution in [2.75, 3.05) is 13.1 Å². The lowest BCUT2D eigenvalue weighted by molar-refractivity contribution is 0.0937. The number of amides is 1. The average Bonchev–Trinajstić information content (AvgIpc) is 2.44. The molecule has 0 saturated heterocycles. The zero-order valence-electron chi connectivity index (χ0n) is 13.3. The number of nitrogens with one attached hydrogen (secondary N) is 1. The number of rotatable bonds is 5. The van der Waals surface area contributed by atoms with Crippen molar-refractivity contribution in [2.24, 2.45) is 23.5 Å². The van der Waals surface area contributed by atoms with E-state index in [9.17, 15) is 4.79 Å². The second-order valence-electron chi connectivity index (χ2n) is 5.79. The second kappa shape index (κ2) is 8.43. The molecule has 1 aromatic heterocycles. The number of carbonyl (C=O) groups is 1. The van der Waals surface area contributed by atoms with Gasteiger partial charge >= 0.3 is 0 Å². The summed E-state index contributed by atoms with van der Waals surface area (Å²) in [6.07, 6.45) is 3.20. The molecule has 1 aromatic rings. The smallest absolute Gasteiger partial charge is 0.252 e. The van der Waals surface area contributed by atoms with Gasteiger partial charge in [-0.15, -0.1) is 0 Å². The van der Waals surface area contributed by atoms with Crippen molar-refractivity contribution in [3.05, 3.63) is 29.6 Å². The number of carbonyl (C=O) groups excluding carboxylic acids is 1. The third-order valence-electron chi connectivity index (χ3n) is 3.60. The van der Waals surface area contributed by atoms with Gasteiger partial charge in [0.15, 0.2) is 0 Å². The predicted octanol–water partition coefficient (Wildman–Crippen LogP) is 2.05. The van der Waals surface area contributed by atoms with E-state index in [2.05, 4.69) is 49.8 Å².